The third-order valence-corrected chi connectivity index (χ3v) is 12.7. The topological polar surface area (TPSA) is 195 Å². The van der Waals surface area contributed by atoms with Crippen LogP contribution in [0.4, 0.5) is 4.79 Å². The summed E-state index contributed by atoms with van der Waals surface area (Å²) in [7, 11) is -3.92. The molecule has 0 unspecified atom stereocenters. The second-order valence-electron chi connectivity index (χ2n) is 17.1. The molecule has 4 amide bonds. The maximum Gasteiger partial charge on any atom is 0.408 e. The van der Waals surface area contributed by atoms with Crippen molar-refractivity contribution in [1.82, 2.24) is 30.0 Å². The van der Waals surface area contributed by atoms with Gasteiger partial charge in [-0.2, -0.15) is 0 Å². The molecule has 0 bridgehead atoms. The lowest BCUT2D eigenvalue weighted by Crippen LogP contribution is -2.59. The number of hydrogen-bond acceptors (Lipinski definition) is 10. The summed E-state index contributed by atoms with van der Waals surface area (Å²) in [6.45, 7) is 12.7. The molecule has 1 saturated heterocycles. The van der Waals surface area contributed by atoms with Gasteiger partial charge in [-0.3, -0.25) is 23.9 Å². The highest BCUT2D eigenvalue weighted by atomic mass is 32.2. The first-order chi connectivity index (χ1) is 25.8. The molecule has 0 radical (unpaired) electrons. The molecule has 2 aliphatic carbocycles. The minimum absolute atomic E-state index is 0.0170. The van der Waals surface area contributed by atoms with Crippen LogP contribution in [0.1, 0.15) is 99.5 Å². The number of benzene rings is 1. The summed E-state index contributed by atoms with van der Waals surface area (Å²) >= 11 is 0. The number of nitrogens with zero attached hydrogens (tertiary/aromatic N) is 3. The Morgan fingerprint density at radius 3 is 2.38 bits per heavy atom. The predicted molar refractivity (Wildman–Crippen MR) is 204 cm³/mol. The van der Waals surface area contributed by atoms with Crippen LogP contribution in [0, 0.1) is 17.8 Å². The summed E-state index contributed by atoms with van der Waals surface area (Å²) in [4.78, 5) is 70.9. The van der Waals surface area contributed by atoms with Gasteiger partial charge in [-0.1, -0.05) is 38.1 Å². The average Bonchev–Trinajstić information content (AvgIpc) is 4.02. The summed E-state index contributed by atoms with van der Waals surface area (Å²) in [5, 5.41) is 10.4. The largest absolute Gasteiger partial charge is 0.471 e. The first kappa shape index (κ1) is 40.2. The Hall–Kier alpha value is -4.47. The number of fused-ring (bicyclic) bond motifs is 3. The first-order valence-electron chi connectivity index (χ1n) is 19.3. The number of hydrogen-bond donors (Lipinski definition) is 3. The van der Waals surface area contributed by atoms with Crippen LogP contribution in [0.2, 0.25) is 0 Å². The number of amides is 4. The molecule has 7 atom stereocenters. The number of rotatable bonds is 7. The highest BCUT2D eigenvalue weighted by Crippen LogP contribution is 2.46. The van der Waals surface area contributed by atoms with Gasteiger partial charge in [0.15, 0.2) is 0 Å². The lowest BCUT2D eigenvalue weighted by Gasteiger charge is -2.33. The molecule has 2 saturated carbocycles. The second kappa shape index (κ2) is 15.2. The zero-order valence-electron chi connectivity index (χ0n) is 32.7. The number of alkyl carbamates (subject to hydrolysis) is 1. The maximum atomic E-state index is 14.8. The summed E-state index contributed by atoms with van der Waals surface area (Å²) in [6.07, 6.45) is 5.31. The van der Waals surface area contributed by atoms with Gasteiger partial charge < -0.3 is 25.0 Å². The van der Waals surface area contributed by atoms with Gasteiger partial charge in [0.2, 0.25) is 27.7 Å². The van der Waals surface area contributed by atoms with Gasteiger partial charge in [-0.05, 0) is 97.1 Å². The number of nitrogens with one attached hydrogen (secondary N) is 3. The van der Waals surface area contributed by atoms with E-state index in [2.05, 4.69) is 27.4 Å². The summed E-state index contributed by atoms with van der Waals surface area (Å²) in [5.74, 6) is -2.54. The number of carbonyl (C=O) groups excluding carboxylic acids is 4. The molecule has 4 aliphatic rings. The van der Waals surface area contributed by atoms with Crippen molar-refractivity contribution in [3.63, 3.8) is 0 Å². The molecule has 55 heavy (non-hydrogen) atoms. The van der Waals surface area contributed by atoms with E-state index in [-0.39, 0.29) is 48.7 Å². The maximum absolute atomic E-state index is 14.8. The van der Waals surface area contributed by atoms with Crippen LogP contribution >= 0.6 is 0 Å². The molecule has 16 heteroatoms. The third kappa shape index (κ3) is 8.84. The van der Waals surface area contributed by atoms with Gasteiger partial charge >= 0.3 is 6.09 Å². The standard InChI is InChI=1S/C39H54N6O9S/c1-22(2)45-34(47)29-15-11-10-14-28(29)33(42-45)53-26-19-30-32(46)41-39(36(49)43-55(51,52)27-16-17-27)20-25(39)13-9-8-12-23(3)18-24(4)31(35(48)44(30)21-26)40-37(50)54-38(5,6)7/h9-11,13-15,22-27,30-31H,8,12,16-21H2,1-7H3,(H,40,50)(H,41,46)(H,43,49)/b13-9-/t23-,24-,25-,26-,30+,31+,39-/m1/s1. The van der Waals surface area contributed by atoms with E-state index < -0.39 is 74.3 Å². The highest BCUT2D eigenvalue weighted by Gasteiger charge is 2.62. The van der Waals surface area contributed by atoms with E-state index >= 15 is 0 Å². The average molecular weight is 783 g/mol. The van der Waals surface area contributed by atoms with Gasteiger partial charge in [-0.15, -0.1) is 5.10 Å². The van der Waals surface area contributed by atoms with E-state index in [1.807, 2.05) is 32.9 Å². The third-order valence-electron chi connectivity index (χ3n) is 10.9. The van der Waals surface area contributed by atoms with Crippen molar-refractivity contribution in [3.05, 3.63) is 46.8 Å². The first-order valence-corrected chi connectivity index (χ1v) is 20.9. The molecule has 2 aliphatic heterocycles. The second-order valence-corrected chi connectivity index (χ2v) is 19.0. The summed E-state index contributed by atoms with van der Waals surface area (Å²) < 4.78 is 41.4. The number of aromatic nitrogens is 2. The van der Waals surface area contributed by atoms with E-state index in [1.54, 1.807) is 45.0 Å². The molecule has 3 fully saturated rings. The molecule has 3 heterocycles. The fraction of sp³-hybridized carbons (Fsp3) is 0.641. The molecule has 2 aromatic rings. The van der Waals surface area contributed by atoms with E-state index in [1.165, 1.54) is 9.58 Å². The Morgan fingerprint density at radius 1 is 1.04 bits per heavy atom. The minimum atomic E-state index is -3.92. The Morgan fingerprint density at radius 2 is 1.73 bits per heavy atom. The van der Waals surface area contributed by atoms with Crippen LogP contribution in [0.25, 0.3) is 10.8 Å². The number of ether oxygens (including phenoxy) is 2. The molecule has 0 spiro atoms. The van der Waals surface area contributed by atoms with Crippen molar-refractivity contribution < 1.29 is 37.1 Å². The van der Waals surface area contributed by atoms with Crippen molar-refractivity contribution in [2.24, 2.45) is 17.8 Å². The summed E-state index contributed by atoms with van der Waals surface area (Å²) in [6, 6.07) is 4.37. The molecule has 6 rings (SSSR count). The molecule has 15 nitrogen and oxygen atoms in total. The van der Waals surface area contributed by atoms with Crippen LogP contribution in [0.15, 0.2) is 41.2 Å². The minimum Gasteiger partial charge on any atom is -0.471 e. The van der Waals surface area contributed by atoms with Crippen molar-refractivity contribution in [1.29, 1.82) is 0 Å². The fourth-order valence-corrected chi connectivity index (χ4v) is 9.07. The molecule has 1 aromatic carbocycles. The van der Waals surface area contributed by atoms with E-state index in [9.17, 15) is 32.4 Å². The predicted octanol–water partition coefficient (Wildman–Crippen LogP) is 3.71. The Balaban J connectivity index is 1.37. The van der Waals surface area contributed by atoms with Gasteiger partial charge in [0.05, 0.1) is 28.6 Å². The van der Waals surface area contributed by atoms with Crippen LogP contribution in [-0.2, 0) is 29.1 Å². The highest BCUT2D eigenvalue weighted by molar-refractivity contribution is 7.91. The zero-order valence-corrected chi connectivity index (χ0v) is 33.5. The Labute approximate surface area is 322 Å². The smallest absolute Gasteiger partial charge is 0.408 e. The quantitative estimate of drug-likeness (QED) is 0.349. The van der Waals surface area contributed by atoms with Gasteiger partial charge in [0.25, 0.3) is 11.5 Å². The van der Waals surface area contributed by atoms with E-state index in [0.717, 1.165) is 6.42 Å². The van der Waals surface area contributed by atoms with Crippen LogP contribution in [0.3, 0.4) is 0 Å². The van der Waals surface area contributed by atoms with Crippen molar-refractivity contribution in [2.75, 3.05) is 6.54 Å². The molecule has 1 aromatic heterocycles. The number of carbonyl (C=O) groups is 4. The van der Waals surface area contributed by atoms with Gasteiger partial charge in [-0.25, -0.2) is 17.9 Å². The monoisotopic (exact) mass is 782 g/mol. The molecular weight excluding hydrogens is 729 g/mol. The van der Waals surface area contributed by atoms with Gasteiger partial charge in [0, 0.05) is 12.3 Å². The number of sulfonamides is 1. The summed E-state index contributed by atoms with van der Waals surface area (Å²) in [5.41, 5.74) is -2.66. The van der Waals surface area contributed by atoms with Crippen molar-refractivity contribution in [2.45, 2.75) is 134 Å². The van der Waals surface area contributed by atoms with Crippen molar-refractivity contribution >= 4 is 44.6 Å². The normalized spacial score (nSPS) is 29.6. The molecule has 3 N–H and O–H groups in total. The SMILES string of the molecule is CC(C)n1nc(O[C@@H]2C[C@H]3C(=O)N[C@]4(C(=O)NS(=O)(=O)C5CC5)C[C@H]4/C=C\CC[C@@H](C)C[C@@H](C)[C@H](NC(=O)OC(C)(C)C)C(=O)N3C2)c2ccccc2c1=O. The van der Waals surface area contributed by atoms with Crippen LogP contribution in [-0.4, -0.2) is 88.0 Å². The van der Waals surface area contributed by atoms with Crippen molar-refractivity contribution in [3.8, 4) is 5.88 Å². The molecular formula is C39H54N6O9S. The van der Waals surface area contributed by atoms with E-state index in [0.29, 0.717) is 36.5 Å². The molecule has 300 valence electrons. The lowest BCUT2D eigenvalue weighted by molar-refractivity contribution is -0.142. The van der Waals surface area contributed by atoms with Gasteiger partial charge in [0.1, 0.15) is 29.3 Å². The Kier molecular flexibility index (Phi) is 11.1. The lowest BCUT2D eigenvalue weighted by atomic mass is 9.88. The van der Waals surface area contributed by atoms with E-state index in [4.69, 9.17) is 9.47 Å². The number of allylic oxidation sites excluding steroid dienone is 1. The van der Waals surface area contributed by atoms with Crippen LogP contribution < -0.4 is 25.7 Å². The fourth-order valence-electron chi connectivity index (χ4n) is 7.70. The van der Waals surface area contributed by atoms with Crippen LogP contribution in [0.5, 0.6) is 5.88 Å². The zero-order chi connectivity index (χ0) is 40.0. The Bertz CT molecular complexity index is 2040.